The zero-order valence-electron chi connectivity index (χ0n) is 16.8. The Morgan fingerprint density at radius 3 is 2.52 bits per heavy atom. The fourth-order valence-electron chi connectivity index (χ4n) is 4.56. The smallest absolute Gasteiger partial charge is 0.342 e. The minimum atomic E-state index is -0.00281. The third-order valence-corrected chi connectivity index (χ3v) is 6.33. The number of hydrogen-bond donors (Lipinski definition) is 0. The number of likely N-dealkylation sites (tertiary alicyclic amines) is 1. The fourth-order valence-corrected chi connectivity index (χ4v) is 4.56. The Morgan fingerprint density at radius 1 is 1.03 bits per heavy atom. The van der Waals surface area contributed by atoms with Crippen LogP contribution in [0.4, 0.5) is 0 Å². The first-order chi connectivity index (χ1) is 14.1. The average Bonchev–Trinajstić information content (AvgIpc) is 3.54. The third-order valence-electron chi connectivity index (χ3n) is 6.33. The van der Waals surface area contributed by atoms with E-state index in [0.717, 1.165) is 55.5 Å². The van der Waals surface area contributed by atoms with Gasteiger partial charge < -0.3 is 4.90 Å². The zero-order valence-corrected chi connectivity index (χ0v) is 16.8. The Balaban J connectivity index is 1.28. The van der Waals surface area contributed by atoms with Crippen LogP contribution in [0.1, 0.15) is 49.0 Å². The molecule has 3 aromatic rings. The highest BCUT2D eigenvalue weighted by atomic mass is 16.2. The van der Waals surface area contributed by atoms with Crippen molar-refractivity contribution in [3.63, 3.8) is 0 Å². The van der Waals surface area contributed by atoms with E-state index >= 15 is 0 Å². The van der Waals surface area contributed by atoms with Crippen LogP contribution < -0.4 is 5.69 Å². The first kappa shape index (κ1) is 18.2. The molecule has 2 aliphatic rings. The molecule has 0 spiro atoms. The predicted molar refractivity (Wildman–Crippen MR) is 112 cm³/mol. The van der Waals surface area contributed by atoms with Crippen LogP contribution in [0.15, 0.2) is 47.3 Å². The summed E-state index contributed by atoms with van der Waals surface area (Å²) in [5, 5.41) is 6.85. The van der Waals surface area contributed by atoms with E-state index in [0.29, 0.717) is 12.5 Å². The summed E-state index contributed by atoms with van der Waals surface area (Å²) in [7, 11) is 1.73. The molecule has 5 rings (SSSR count). The molecule has 6 nitrogen and oxygen atoms in total. The number of rotatable bonds is 4. The first-order valence-electron chi connectivity index (χ1n) is 10.5. The van der Waals surface area contributed by atoms with Crippen LogP contribution in [0.3, 0.4) is 0 Å². The van der Waals surface area contributed by atoms with Gasteiger partial charge in [0.15, 0.2) is 0 Å². The second kappa shape index (κ2) is 7.17. The summed E-state index contributed by atoms with van der Waals surface area (Å²) in [5.41, 5.74) is 1.08. The van der Waals surface area contributed by atoms with Crippen LogP contribution in [-0.4, -0.2) is 38.2 Å². The zero-order chi connectivity index (χ0) is 20.0. The number of benzene rings is 2. The number of carbonyl (C=O) groups is 1. The maximum absolute atomic E-state index is 12.9. The predicted octanol–water partition coefficient (Wildman–Crippen LogP) is 3.02. The van der Waals surface area contributed by atoms with Gasteiger partial charge in [-0.25, -0.2) is 9.48 Å². The lowest BCUT2D eigenvalue weighted by Crippen LogP contribution is -2.39. The third kappa shape index (κ3) is 3.37. The van der Waals surface area contributed by atoms with E-state index in [1.54, 1.807) is 7.05 Å². The Labute approximate surface area is 169 Å². The molecular weight excluding hydrogens is 364 g/mol. The molecule has 0 N–H and O–H groups in total. The Kier molecular flexibility index (Phi) is 4.49. The average molecular weight is 390 g/mol. The molecule has 0 unspecified atom stereocenters. The van der Waals surface area contributed by atoms with Gasteiger partial charge in [-0.1, -0.05) is 42.5 Å². The number of piperidine rings is 1. The lowest BCUT2D eigenvalue weighted by Gasteiger charge is -2.31. The minimum Gasteiger partial charge on any atom is -0.342 e. The molecule has 0 radical (unpaired) electrons. The summed E-state index contributed by atoms with van der Waals surface area (Å²) in [6, 6.07) is 14.7. The van der Waals surface area contributed by atoms with Crippen molar-refractivity contribution in [3.05, 3.63) is 64.3 Å². The number of hydrogen-bond acceptors (Lipinski definition) is 3. The SMILES string of the molecule is Cn1nc(C2CCN(C(=O)Cc3cccc4ccccc34)CC2)n(C2CC2)c1=O. The largest absolute Gasteiger partial charge is 0.345 e. The molecule has 2 heterocycles. The normalized spacial score (nSPS) is 17.8. The van der Waals surface area contributed by atoms with Crippen molar-refractivity contribution in [2.45, 2.75) is 44.1 Å². The summed E-state index contributed by atoms with van der Waals surface area (Å²) in [5.74, 6) is 1.35. The van der Waals surface area contributed by atoms with Crippen molar-refractivity contribution < 1.29 is 4.79 Å². The summed E-state index contributed by atoms with van der Waals surface area (Å²) in [4.78, 5) is 27.3. The number of nitrogens with zero attached hydrogens (tertiary/aromatic N) is 4. The second-order valence-electron chi connectivity index (χ2n) is 8.34. The van der Waals surface area contributed by atoms with Crippen molar-refractivity contribution in [2.75, 3.05) is 13.1 Å². The first-order valence-corrected chi connectivity index (χ1v) is 10.5. The quantitative estimate of drug-likeness (QED) is 0.688. The minimum absolute atomic E-state index is 0.00281. The number of carbonyl (C=O) groups excluding carboxylic acids is 1. The highest BCUT2D eigenvalue weighted by Crippen LogP contribution is 2.37. The molecule has 6 heteroatoms. The van der Waals surface area contributed by atoms with Crippen LogP contribution in [0.2, 0.25) is 0 Å². The molecule has 1 aliphatic carbocycles. The van der Waals surface area contributed by atoms with Gasteiger partial charge in [0.1, 0.15) is 5.82 Å². The summed E-state index contributed by atoms with van der Waals surface area (Å²) < 4.78 is 3.37. The van der Waals surface area contributed by atoms with Gasteiger partial charge in [-0.05, 0) is 42.0 Å². The van der Waals surface area contributed by atoms with E-state index in [1.807, 2.05) is 27.7 Å². The molecule has 0 bridgehead atoms. The molecule has 2 fully saturated rings. The van der Waals surface area contributed by atoms with Crippen molar-refractivity contribution >= 4 is 16.7 Å². The van der Waals surface area contributed by atoms with Crippen LogP contribution in [-0.2, 0) is 18.3 Å². The van der Waals surface area contributed by atoms with E-state index < -0.39 is 0 Å². The monoisotopic (exact) mass is 390 g/mol. The van der Waals surface area contributed by atoms with Gasteiger partial charge in [0.2, 0.25) is 5.91 Å². The molecule has 1 amide bonds. The summed E-state index contributed by atoms with van der Waals surface area (Å²) in [6.07, 6.45) is 4.30. The van der Waals surface area contributed by atoms with Crippen molar-refractivity contribution in [1.29, 1.82) is 0 Å². The van der Waals surface area contributed by atoms with Crippen molar-refractivity contribution in [3.8, 4) is 0 Å². The van der Waals surface area contributed by atoms with Gasteiger partial charge in [-0.3, -0.25) is 9.36 Å². The molecular formula is C23H26N4O2. The molecule has 29 heavy (non-hydrogen) atoms. The van der Waals surface area contributed by atoms with Gasteiger partial charge in [-0.15, -0.1) is 0 Å². The van der Waals surface area contributed by atoms with Crippen molar-refractivity contribution in [1.82, 2.24) is 19.2 Å². The van der Waals surface area contributed by atoms with Gasteiger partial charge in [0, 0.05) is 32.1 Å². The Morgan fingerprint density at radius 2 is 1.76 bits per heavy atom. The van der Waals surface area contributed by atoms with Crippen LogP contribution in [0, 0.1) is 0 Å². The number of aryl methyl sites for hydroxylation is 1. The number of aromatic nitrogens is 3. The molecule has 1 saturated carbocycles. The van der Waals surface area contributed by atoms with E-state index in [-0.39, 0.29) is 17.5 Å². The second-order valence-corrected chi connectivity index (χ2v) is 8.34. The highest BCUT2D eigenvalue weighted by molar-refractivity contribution is 5.90. The topological polar surface area (TPSA) is 60.1 Å². The maximum atomic E-state index is 12.9. The molecule has 1 saturated heterocycles. The number of amides is 1. The van der Waals surface area contributed by atoms with Gasteiger partial charge in [0.25, 0.3) is 0 Å². The molecule has 0 atom stereocenters. The maximum Gasteiger partial charge on any atom is 0.345 e. The van der Waals surface area contributed by atoms with Crippen LogP contribution in [0.25, 0.3) is 10.8 Å². The van der Waals surface area contributed by atoms with E-state index in [9.17, 15) is 9.59 Å². The lowest BCUT2D eigenvalue weighted by molar-refractivity contribution is -0.131. The highest BCUT2D eigenvalue weighted by Gasteiger charge is 2.34. The standard InChI is InChI=1S/C23H26N4O2/c1-25-23(29)27(19-9-10-19)22(24-25)17-11-13-26(14-12-17)21(28)15-18-7-4-6-16-5-2-3-8-20(16)18/h2-8,17,19H,9-15H2,1H3. The Hall–Kier alpha value is -2.89. The van der Waals surface area contributed by atoms with E-state index in [4.69, 9.17) is 0 Å². The molecule has 1 aliphatic heterocycles. The molecule has 150 valence electrons. The summed E-state index contributed by atoms with van der Waals surface area (Å²) >= 11 is 0. The lowest BCUT2D eigenvalue weighted by atomic mass is 9.95. The van der Waals surface area contributed by atoms with E-state index in [2.05, 4.69) is 29.4 Å². The fraction of sp³-hybridized carbons (Fsp3) is 0.435. The van der Waals surface area contributed by atoms with Gasteiger partial charge in [-0.2, -0.15) is 5.10 Å². The van der Waals surface area contributed by atoms with Gasteiger partial charge in [0.05, 0.1) is 6.42 Å². The summed E-state index contributed by atoms with van der Waals surface area (Å²) in [6.45, 7) is 1.45. The number of fused-ring (bicyclic) bond motifs is 1. The van der Waals surface area contributed by atoms with E-state index in [1.165, 1.54) is 10.1 Å². The van der Waals surface area contributed by atoms with Crippen LogP contribution in [0.5, 0.6) is 0 Å². The van der Waals surface area contributed by atoms with Crippen molar-refractivity contribution in [2.24, 2.45) is 7.05 Å². The Bertz CT molecular complexity index is 1110. The molecule has 1 aromatic heterocycles. The van der Waals surface area contributed by atoms with Crippen LogP contribution >= 0.6 is 0 Å². The van der Waals surface area contributed by atoms with Gasteiger partial charge >= 0.3 is 5.69 Å². The molecule has 2 aromatic carbocycles.